The van der Waals surface area contributed by atoms with Crippen LogP contribution < -0.4 is 20.5 Å². The summed E-state index contributed by atoms with van der Waals surface area (Å²) < 4.78 is 0. The molecule has 1 aliphatic heterocycles. The summed E-state index contributed by atoms with van der Waals surface area (Å²) in [6.45, 7) is 4.95. The largest absolute Gasteiger partial charge is 0.334 e. The molecule has 1 aliphatic carbocycles. The van der Waals surface area contributed by atoms with Gasteiger partial charge in [-0.3, -0.25) is 0 Å². The number of benzene rings is 8. The summed E-state index contributed by atoms with van der Waals surface area (Å²) in [4.78, 5) is 2.66. The first-order valence-corrected chi connectivity index (χ1v) is 20.9. The number of para-hydroxylation sites is 1. The molecule has 254 valence electrons. The van der Waals surface area contributed by atoms with E-state index in [1.165, 1.54) is 70.0 Å². The van der Waals surface area contributed by atoms with E-state index in [0.29, 0.717) is 0 Å². The quantitative estimate of drug-likeness (QED) is 0.0984. The number of hydrogen-bond acceptors (Lipinski definition) is 1. The molecule has 8 aromatic rings. The van der Waals surface area contributed by atoms with Crippen molar-refractivity contribution in [3.63, 3.8) is 0 Å². The molecule has 0 saturated carbocycles. The van der Waals surface area contributed by atoms with E-state index in [2.05, 4.69) is 219 Å². The molecule has 2 unspecified atom stereocenters. The molecule has 10 rings (SSSR count). The molecule has 1 heterocycles. The Morgan fingerprint density at radius 1 is 0.472 bits per heavy atom. The average Bonchev–Trinajstić information content (AvgIpc) is 3.22. The SMILES string of the molecule is CC1(C)c2cc3c4ccccc4c4ccccc4c3cc2N(c2ccccc2)C2C=C([Si](c3ccccc3)(c3ccccc3)c3ccccc3)C=CC21. The summed E-state index contributed by atoms with van der Waals surface area (Å²) in [7, 11) is -2.73. The minimum Gasteiger partial charge on any atom is -0.334 e. The van der Waals surface area contributed by atoms with Gasteiger partial charge < -0.3 is 4.90 Å². The van der Waals surface area contributed by atoms with E-state index >= 15 is 0 Å². The molecule has 53 heavy (non-hydrogen) atoms. The summed E-state index contributed by atoms with van der Waals surface area (Å²) >= 11 is 0. The summed E-state index contributed by atoms with van der Waals surface area (Å²) in [5, 5.41) is 13.5. The molecular formula is C51H41NSi. The van der Waals surface area contributed by atoms with Gasteiger partial charge in [-0.2, -0.15) is 0 Å². The fraction of sp³-hybridized carbons (Fsp3) is 0.0980. The minimum absolute atomic E-state index is 0.104. The molecule has 1 nitrogen and oxygen atoms in total. The second kappa shape index (κ2) is 12.3. The predicted octanol–water partition coefficient (Wildman–Crippen LogP) is 10.8. The summed E-state index contributed by atoms with van der Waals surface area (Å²) in [5.74, 6) is 0.247. The normalized spacial score (nSPS) is 17.8. The van der Waals surface area contributed by atoms with Gasteiger partial charge in [0.2, 0.25) is 0 Å². The van der Waals surface area contributed by atoms with Gasteiger partial charge >= 0.3 is 0 Å². The van der Waals surface area contributed by atoms with Gasteiger partial charge in [-0.15, -0.1) is 0 Å². The highest BCUT2D eigenvalue weighted by Crippen LogP contribution is 2.53. The fourth-order valence-electron chi connectivity index (χ4n) is 9.78. The second-order valence-electron chi connectivity index (χ2n) is 15.3. The van der Waals surface area contributed by atoms with Gasteiger partial charge in [0.15, 0.2) is 8.07 Å². The van der Waals surface area contributed by atoms with Crippen LogP contribution in [0.15, 0.2) is 205 Å². The number of fused-ring (bicyclic) bond motifs is 8. The van der Waals surface area contributed by atoms with E-state index in [1.54, 1.807) is 0 Å². The molecule has 0 aromatic heterocycles. The Bertz CT molecular complexity index is 2600. The third-order valence-corrected chi connectivity index (χ3v) is 17.0. The zero-order valence-electron chi connectivity index (χ0n) is 30.2. The van der Waals surface area contributed by atoms with E-state index in [4.69, 9.17) is 0 Å². The summed E-state index contributed by atoms with van der Waals surface area (Å²) in [6.07, 6.45) is 7.75. The van der Waals surface area contributed by atoms with Crippen molar-refractivity contribution >= 4 is 67.3 Å². The molecule has 0 bridgehead atoms. The highest BCUT2D eigenvalue weighted by atomic mass is 28.3. The van der Waals surface area contributed by atoms with Crippen LogP contribution in [-0.2, 0) is 5.41 Å². The van der Waals surface area contributed by atoms with Crippen molar-refractivity contribution in [1.29, 1.82) is 0 Å². The highest BCUT2D eigenvalue weighted by Gasteiger charge is 2.49. The lowest BCUT2D eigenvalue weighted by Crippen LogP contribution is -2.69. The number of allylic oxidation sites excluding steroid dienone is 2. The fourth-order valence-corrected chi connectivity index (χ4v) is 14.6. The molecular weight excluding hydrogens is 655 g/mol. The van der Waals surface area contributed by atoms with Crippen LogP contribution in [0.4, 0.5) is 11.4 Å². The van der Waals surface area contributed by atoms with Crippen LogP contribution in [-0.4, -0.2) is 14.1 Å². The monoisotopic (exact) mass is 695 g/mol. The summed E-state index contributed by atoms with van der Waals surface area (Å²) in [5.41, 5.74) is 3.78. The van der Waals surface area contributed by atoms with Crippen LogP contribution in [0, 0.1) is 5.92 Å². The number of hydrogen-bond donors (Lipinski definition) is 0. The van der Waals surface area contributed by atoms with Crippen LogP contribution >= 0.6 is 0 Å². The first kappa shape index (κ1) is 31.7. The van der Waals surface area contributed by atoms with Gasteiger partial charge in [0.1, 0.15) is 0 Å². The molecule has 0 fully saturated rings. The van der Waals surface area contributed by atoms with Gasteiger partial charge in [0.25, 0.3) is 0 Å². The lowest BCUT2D eigenvalue weighted by atomic mass is 9.64. The van der Waals surface area contributed by atoms with E-state index in [9.17, 15) is 0 Å². The smallest absolute Gasteiger partial charge is 0.179 e. The van der Waals surface area contributed by atoms with E-state index < -0.39 is 8.07 Å². The lowest BCUT2D eigenvalue weighted by molar-refractivity contribution is 0.332. The van der Waals surface area contributed by atoms with E-state index in [-0.39, 0.29) is 17.4 Å². The maximum Gasteiger partial charge on any atom is 0.179 e. The van der Waals surface area contributed by atoms with Gasteiger partial charge in [0.05, 0.1) is 6.04 Å². The average molecular weight is 696 g/mol. The standard InChI is InChI=1S/C51H41NSi/c1-51(2)47-32-31-40(53(37-21-9-4-10-22-37,38-23-11-5-12-24-38)39-25-13-6-14-26-39)33-49(47)52(36-19-7-3-8-20-36)50-35-46-44-30-18-16-28-42(44)41-27-15-17-29-43(41)45(46)34-48(50)51/h3-35,47,49H,1-2H3. The van der Waals surface area contributed by atoms with Crippen molar-refractivity contribution in [2.75, 3.05) is 4.90 Å². The van der Waals surface area contributed by atoms with Crippen LogP contribution in [0.5, 0.6) is 0 Å². The molecule has 0 amide bonds. The molecule has 0 radical (unpaired) electrons. The first-order chi connectivity index (χ1) is 26.1. The zero-order valence-corrected chi connectivity index (χ0v) is 31.2. The molecule has 2 heteroatoms. The molecule has 0 N–H and O–H groups in total. The van der Waals surface area contributed by atoms with Crippen molar-refractivity contribution in [1.82, 2.24) is 0 Å². The predicted molar refractivity (Wildman–Crippen MR) is 229 cm³/mol. The number of nitrogens with zero attached hydrogens (tertiary/aromatic N) is 1. The Labute approximate surface area is 313 Å². The van der Waals surface area contributed by atoms with Crippen LogP contribution in [0.2, 0.25) is 0 Å². The maximum atomic E-state index is 2.67. The molecule has 2 aliphatic rings. The first-order valence-electron chi connectivity index (χ1n) is 18.9. The molecule has 0 spiro atoms. The zero-order chi connectivity index (χ0) is 35.6. The van der Waals surface area contributed by atoms with Crippen LogP contribution in [0.1, 0.15) is 19.4 Å². The Morgan fingerprint density at radius 2 is 0.887 bits per heavy atom. The lowest BCUT2D eigenvalue weighted by Gasteiger charge is -2.52. The third-order valence-electron chi connectivity index (χ3n) is 12.2. The van der Waals surface area contributed by atoms with Crippen molar-refractivity contribution in [3.8, 4) is 0 Å². The van der Waals surface area contributed by atoms with Crippen molar-refractivity contribution in [2.24, 2.45) is 5.92 Å². The van der Waals surface area contributed by atoms with E-state index in [0.717, 1.165) is 0 Å². The van der Waals surface area contributed by atoms with Gasteiger partial charge in [-0.25, -0.2) is 0 Å². The van der Waals surface area contributed by atoms with Crippen molar-refractivity contribution in [2.45, 2.75) is 25.3 Å². The highest BCUT2D eigenvalue weighted by molar-refractivity contribution is 7.16. The van der Waals surface area contributed by atoms with Gasteiger partial charge in [0, 0.05) is 22.7 Å². The van der Waals surface area contributed by atoms with Crippen molar-refractivity contribution < 1.29 is 0 Å². The summed E-state index contributed by atoms with van der Waals surface area (Å²) in [6, 6.07) is 68.1. The maximum absolute atomic E-state index is 2.73. The Kier molecular flexibility index (Phi) is 7.38. The van der Waals surface area contributed by atoms with Gasteiger partial charge in [-0.1, -0.05) is 190 Å². The second-order valence-corrected chi connectivity index (χ2v) is 19.1. The molecule has 0 saturated heterocycles. The topological polar surface area (TPSA) is 3.24 Å². The molecule has 2 atom stereocenters. The van der Waals surface area contributed by atoms with Crippen LogP contribution in [0.25, 0.3) is 32.3 Å². The van der Waals surface area contributed by atoms with E-state index in [1.807, 2.05) is 0 Å². The Balaban J connectivity index is 1.28. The number of anilines is 2. The van der Waals surface area contributed by atoms with Crippen molar-refractivity contribution in [3.05, 3.63) is 211 Å². The molecule has 8 aromatic carbocycles. The number of rotatable bonds is 5. The van der Waals surface area contributed by atoms with Crippen LogP contribution in [0.3, 0.4) is 0 Å². The Morgan fingerprint density at radius 3 is 1.38 bits per heavy atom. The third kappa shape index (κ3) is 4.75. The van der Waals surface area contributed by atoms with Gasteiger partial charge in [-0.05, 0) is 82.9 Å². The Hall–Kier alpha value is -5.96. The minimum atomic E-state index is -2.73.